The van der Waals surface area contributed by atoms with Gasteiger partial charge in [0, 0.05) is 10.9 Å². The van der Waals surface area contributed by atoms with Crippen molar-refractivity contribution in [2.75, 3.05) is 0 Å². The maximum Gasteiger partial charge on any atom is 0.138 e. The first-order valence-corrected chi connectivity index (χ1v) is 7.52. The van der Waals surface area contributed by atoms with E-state index < -0.39 is 0 Å². The first-order valence-electron chi connectivity index (χ1n) is 6.29. The van der Waals surface area contributed by atoms with Crippen LogP contribution in [-0.2, 0) is 0 Å². The van der Waals surface area contributed by atoms with Crippen LogP contribution in [0.1, 0.15) is 37.7 Å². The third-order valence-corrected chi connectivity index (χ3v) is 4.57. The number of hydrogen-bond donors (Lipinski definition) is 1. The van der Waals surface area contributed by atoms with Crippen molar-refractivity contribution in [2.24, 2.45) is 0 Å². The Kier molecular flexibility index (Phi) is 4.86. The van der Waals surface area contributed by atoms with E-state index in [9.17, 15) is 0 Å². The van der Waals surface area contributed by atoms with Crippen molar-refractivity contribution in [2.45, 2.75) is 50.0 Å². The fraction of sp³-hybridized carbons (Fsp3) is 0.500. The van der Waals surface area contributed by atoms with Crippen molar-refractivity contribution >= 4 is 28.3 Å². The van der Waals surface area contributed by atoms with Crippen molar-refractivity contribution in [1.82, 2.24) is 5.32 Å². The Morgan fingerprint density at radius 1 is 1.24 bits per heavy atom. The summed E-state index contributed by atoms with van der Waals surface area (Å²) in [6.45, 7) is 2.13. The van der Waals surface area contributed by atoms with Crippen molar-refractivity contribution < 1.29 is 0 Å². The Morgan fingerprint density at radius 2 is 1.94 bits per heavy atom. The highest BCUT2D eigenvalue weighted by Crippen LogP contribution is 2.24. The molecule has 0 saturated heterocycles. The lowest BCUT2D eigenvalue weighted by atomic mass is 9.96. The molecule has 1 aliphatic rings. The maximum atomic E-state index is 5.43. The first kappa shape index (κ1) is 12.9. The summed E-state index contributed by atoms with van der Waals surface area (Å²) < 4.78 is 0.922. The molecular weight excluding hydrogens is 246 g/mol. The molecular formula is C14H19NS2. The number of rotatable bonds is 2. The Hall–Kier alpha value is -0.540. The van der Waals surface area contributed by atoms with Gasteiger partial charge in [0.2, 0.25) is 0 Å². The van der Waals surface area contributed by atoms with Crippen LogP contribution in [0.5, 0.6) is 0 Å². The molecule has 1 fully saturated rings. The molecule has 0 aromatic heterocycles. The van der Waals surface area contributed by atoms with Gasteiger partial charge in [-0.3, -0.25) is 0 Å². The zero-order valence-electron chi connectivity index (χ0n) is 10.2. The van der Waals surface area contributed by atoms with Gasteiger partial charge in [-0.1, -0.05) is 61.4 Å². The number of thiocarbonyl (C=S) groups is 1. The Bertz CT molecular complexity index is 384. The average molecular weight is 265 g/mol. The van der Waals surface area contributed by atoms with Crippen LogP contribution < -0.4 is 5.32 Å². The molecule has 1 aliphatic carbocycles. The van der Waals surface area contributed by atoms with E-state index in [4.69, 9.17) is 12.2 Å². The predicted octanol–water partition coefficient (Wildman–Crippen LogP) is 4.29. The van der Waals surface area contributed by atoms with Crippen molar-refractivity contribution in [3.8, 4) is 0 Å². The van der Waals surface area contributed by atoms with Gasteiger partial charge in [-0.25, -0.2) is 0 Å². The normalized spacial score (nSPS) is 16.8. The molecule has 17 heavy (non-hydrogen) atoms. The van der Waals surface area contributed by atoms with Gasteiger partial charge in [0.1, 0.15) is 4.32 Å². The van der Waals surface area contributed by atoms with Crippen molar-refractivity contribution in [3.05, 3.63) is 29.8 Å². The van der Waals surface area contributed by atoms with Crippen LogP contribution >= 0.6 is 24.0 Å². The van der Waals surface area contributed by atoms with Crippen LogP contribution in [0.3, 0.4) is 0 Å². The van der Waals surface area contributed by atoms with Crippen LogP contribution in [0.15, 0.2) is 29.2 Å². The number of thioether (sulfide) groups is 1. The predicted molar refractivity (Wildman–Crippen MR) is 79.6 cm³/mol. The van der Waals surface area contributed by atoms with Gasteiger partial charge in [0.15, 0.2) is 0 Å². The largest absolute Gasteiger partial charge is 0.368 e. The maximum absolute atomic E-state index is 5.43. The van der Waals surface area contributed by atoms with Gasteiger partial charge in [-0.2, -0.15) is 0 Å². The van der Waals surface area contributed by atoms with Gasteiger partial charge < -0.3 is 5.32 Å². The first-order chi connectivity index (χ1) is 8.25. The third kappa shape index (κ3) is 4.00. The fourth-order valence-electron chi connectivity index (χ4n) is 2.21. The van der Waals surface area contributed by atoms with E-state index in [1.165, 1.54) is 42.6 Å². The summed E-state index contributed by atoms with van der Waals surface area (Å²) in [4.78, 5) is 1.26. The van der Waals surface area contributed by atoms with Gasteiger partial charge in [0.25, 0.3) is 0 Å². The second kappa shape index (κ2) is 6.41. The summed E-state index contributed by atoms with van der Waals surface area (Å²) in [7, 11) is 0. The van der Waals surface area contributed by atoms with Gasteiger partial charge in [0.05, 0.1) is 0 Å². The molecule has 0 atom stereocenters. The highest BCUT2D eigenvalue weighted by molar-refractivity contribution is 8.23. The van der Waals surface area contributed by atoms with E-state index in [1.807, 2.05) is 0 Å². The second-order valence-corrected chi connectivity index (χ2v) is 6.35. The highest BCUT2D eigenvalue weighted by Gasteiger charge is 2.14. The van der Waals surface area contributed by atoms with Gasteiger partial charge in [-0.05, 0) is 31.4 Å². The van der Waals surface area contributed by atoms with Gasteiger partial charge >= 0.3 is 0 Å². The summed E-state index contributed by atoms with van der Waals surface area (Å²) in [5.74, 6) is 0. The zero-order valence-corrected chi connectivity index (χ0v) is 11.9. The molecule has 0 bridgehead atoms. The minimum absolute atomic E-state index is 0.604. The molecule has 0 heterocycles. The molecule has 0 unspecified atom stereocenters. The Morgan fingerprint density at radius 3 is 2.65 bits per heavy atom. The molecule has 1 aromatic carbocycles. The summed E-state index contributed by atoms with van der Waals surface area (Å²) in [5.41, 5.74) is 1.30. The molecule has 2 rings (SSSR count). The standard InChI is InChI=1S/C14H19NS2/c1-11-7-5-6-10-13(11)17-14(16)15-12-8-3-2-4-9-12/h5-7,10,12H,2-4,8-9H2,1H3,(H,15,16). The van der Waals surface area contributed by atoms with E-state index in [-0.39, 0.29) is 0 Å². The second-order valence-electron chi connectivity index (χ2n) is 4.63. The smallest absolute Gasteiger partial charge is 0.138 e. The molecule has 1 N–H and O–H groups in total. The summed E-state index contributed by atoms with van der Waals surface area (Å²) >= 11 is 7.11. The summed E-state index contributed by atoms with van der Waals surface area (Å²) in [5, 5.41) is 3.49. The monoisotopic (exact) mass is 265 g/mol. The number of aryl methyl sites for hydroxylation is 1. The minimum Gasteiger partial charge on any atom is -0.368 e. The van der Waals surface area contributed by atoms with Crippen LogP contribution in [0.25, 0.3) is 0 Å². The fourth-order valence-corrected chi connectivity index (χ4v) is 3.45. The van der Waals surface area contributed by atoms with E-state index in [1.54, 1.807) is 11.8 Å². The van der Waals surface area contributed by atoms with E-state index in [2.05, 4.69) is 36.5 Å². The van der Waals surface area contributed by atoms with Crippen LogP contribution in [0.2, 0.25) is 0 Å². The molecule has 92 valence electrons. The summed E-state index contributed by atoms with van der Waals surface area (Å²) in [6.07, 6.45) is 6.61. The molecule has 1 nitrogen and oxygen atoms in total. The molecule has 0 radical (unpaired) electrons. The quantitative estimate of drug-likeness (QED) is 0.632. The topological polar surface area (TPSA) is 12.0 Å². The third-order valence-electron chi connectivity index (χ3n) is 3.22. The van der Waals surface area contributed by atoms with E-state index in [0.29, 0.717) is 6.04 Å². The molecule has 0 spiro atoms. The number of benzene rings is 1. The molecule has 1 saturated carbocycles. The van der Waals surface area contributed by atoms with Crippen LogP contribution in [0, 0.1) is 6.92 Å². The molecule has 0 amide bonds. The number of nitrogens with one attached hydrogen (secondary N) is 1. The lowest BCUT2D eigenvalue weighted by Gasteiger charge is -2.23. The Labute approximate surface area is 113 Å². The minimum atomic E-state index is 0.604. The zero-order chi connectivity index (χ0) is 12.1. The van der Waals surface area contributed by atoms with Crippen molar-refractivity contribution in [3.63, 3.8) is 0 Å². The van der Waals surface area contributed by atoms with Crippen LogP contribution in [-0.4, -0.2) is 10.4 Å². The average Bonchev–Trinajstić information content (AvgIpc) is 2.33. The van der Waals surface area contributed by atoms with Crippen molar-refractivity contribution in [1.29, 1.82) is 0 Å². The Balaban J connectivity index is 1.86. The van der Waals surface area contributed by atoms with Gasteiger partial charge in [-0.15, -0.1) is 0 Å². The lowest BCUT2D eigenvalue weighted by molar-refractivity contribution is 0.416. The summed E-state index contributed by atoms with van der Waals surface area (Å²) in [6, 6.07) is 9.00. The highest BCUT2D eigenvalue weighted by atomic mass is 32.2. The SMILES string of the molecule is Cc1ccccc1SC(=S)NC1CCCCC1. The number of hydrogen-bond acceptors (Lipinski definition) is 2. The lowest BCUT2D eigenvalue weighted by Crippen LogP contribution is -2.33. The molecule has 1 aromatic rings. The van der Waals surface area contributed by atoms with Crippen LogP contribution in [0.4, 0.5) is 0 Å². The van der Waals surface area contributed by atoms with E-state index in [0.717, 1.165) is 4.32 Å². The van der Waals surface area contributed by atoms with E-state index >= 15 is 0 Å². The molecule has 0 aliphatic heterocycles. The molecule has 3 heteroatoms.